The summed E-state index contributed by atoms with van der Waals surface area (Å²) in [6.45, 7) is 0.662. The fraction of sp³-hybridized carbons (Fsp3) is 0.412. The number of anilines is 2. The lowest BCUT2D eigenvalue weighted by atomic mass is 9.90. The molecule has 1 aliphatic rings. The van der Waals surface area contributed by atoms with Gasteiger partial charge in [-0.25, -0.2) is 0 Å². The third-order valence-electron chi connectivity index (χ3n) is 4.16. The summed E-state index contributed by atoms with van der Waals surface area (Å²) < 4.78 is 5.98. The highest BCUT2D eigenvalue weighted by molar-refractivity contribution is 5.78. The average molecular weight is 298 g/mol. The van der Waals surface area contributed by atoms with E-state index in [-0.39, 0.29) is 5.95 Å². The van der Waals surface area contributed by atoms with Crippen molar-refractivity contribution in [2.45, 2.75) is 32.1 Å². The molecule has 1 fully saturated rings. The molecule has 0 saturated heterocycles. The second-order valence-electron chi connectivity index (χ2n) is 5.83. The first-order valence-electron chi connectivity index (χ1n) is 7.85. The molecular weight excluding hydrogens is 276 g/mol. The number of nitrogen functional groups attached to an aromatic ring is 2. The van der Waals surface area contributed by atoms with E-state index in [4.69, 9.17) is 16.2 Å². The monoisotopic (exact) mass is 298 g/mol. The molecule has 0 amide bonds. The van der Waals surface area contributed by atoms with Crippen LogP contribution in [0.4, 0.5) is 11.8 Å². The highest BCUT2D eigenvalue weighted by Crippen LogP contribution is 2.34. The Morgan fingerprint density at radius 1 is 1.00 bits per heavy atom. The van der Waals surface area contributed by atoms with E-state index in [2.05, 4.69) is 9.97 Å². The number of ether oxygens (including phenoxy) is 1. The summed E-state index contributed by atoms with van der Waals surface area (Å²) in [5, 5.41) is 0. The van der Waals surface area contributed by atoms with E-state index in [9.17, 15) is 0 Å². The van der Waals surface area contributed by atoms with Crippen molar-refractivity contribution in [3.63, 3.8) is 0 Å². The van der Waals surface area contributed by atoms with E-state index in [1.165, 1.54) is 32.1 Å². The second kappa shape index (κ2) is 6.64. The summed E-state index contributed by atoms with van der Waals surface area (Å²) >= 11 is 0. The van der Waals surface area contributed by atoms with Crippen LogP contribution in [0.2, 0.25) is 0 Å². The van der Waals surface area contributed by atoms with Crippen LogP contribution >= 0.6 is 0 Å². The first-order chi connectivity index (χ1) is 10.7. The predicted molar refractivity (Wildman–Crippen MR) is 88.4 cm³/mol. The molecule has 5 nitrogen and oxygen atoms in total. The Hall–Kier alpha value is -2.30. The number of nitrogens with zero attached hydrogens (tertiary/aromatic N) is 2. The van der Waals surface area contributed by atoms with E-state index in [0.717, 1.165) is 11.1 Å². The SMILES string of the molecule is Nc1nc(N)c(-c2ccccc2)c(OCC2CCCCC2)n1. The van der Waals surface area contributed by atoms with Gasteiger partial charge in [-0.15, -0.1) is 0 Å². The second-order valence-corrected chi connectivity index (χ2v) is 5.83. The van der Waals surface area contributed by atoms with Gasteiger partial charge in [0, 0.05) is 0 Å². The number of hydrogen-bond donors (Lipinski definition) is 2. The highest BCUT2D eigenvalue weighted by atomic mass is 16.5. The Morgan fingerprint density at radius 3 is 2.45 bits per heavy atom. The molecule has 22 heavy (non-hydrogen) atoms. The maximum Gasteiger partial charge on any atom is 0.228 e. The van der Waals surface area contributed by atoms with Crippen molar-refractivity contribution < 1.29 is 4.74 Å². The van der Waals surface area contributed by atoms with Gasteiger partial charge >= 0.3 is 0 Å². The van der Waals surface area contributed by atoms with Crippen LogP contribution in [-0.2, 0) is 0 Å². The summed E-state index contributed by atoms with van der Waals surface area (Å²) in [4.78, 5) is 8.33. The Kier molecular flexibility index (Phi) is 4.42. The normalized spacial score (nSPS) is 15.6. The molecule has 5 heteroatoms. The first-order valence-corrected chi connectivity index (χ1v) is 7.85. The zero-order chi connectivity index (χ0) is 15.4. The lowest BCUT2D eigenvalue weighted by molar-refractivity contribution is 0.204. The van der Waals surface area contributed by atoms with Crippen LogP contribution in [0.25, 0.3) is 11.1 Å². The number of rotatable bonds is 4. The fourth-order valence-electron chi connectivity index (χ4n) is 3.01. The number of hydrogen-bond acceptors (Lipinski definition) is 5. The molecule has 0 bridgehead atoms. The third-order valence-corrected chi connectivity index (χ3v) is 4.16. The molecule has 3 rings (SSSR count). The zero-order valence-corrected chi connectivity index (χ0v) is 12.7. The Bertz CT molecular complexity index is 624. The van der Waals surface area contributed by atoms with Gasteiger partial charge in [0.15, 0.2) is 0 Å². The maximum absolute atomic E-state index is 6.05. The number of nitrogens with two attached hydrogens (primary N) is 2. The number of benzene rings is 1. The van der Waals surface area contributed by atoms with Crippen molar-refractivity contribution in [3.8, 4) is 17.0 Å². The van der Waals surface area contributed by atoms with Gasteiger partial charge < -0.3 is 16.2 Å². The zero-order valence-electron chi connectivity index (χ0n) is 12.7. The molecule has 0 aliphatic heterocycles. The summed E-state index contributed by atoms with van der Waals surface area (Å²) in [6, 6.07) is 9.81. The minimum absolute atomic E-state index is 0.149. The van der Waals surface area contributed by atoms with Crippen molar-refractivity contribution in [1.82, 2.24) is 9.97 Å². The minimum Gasteiger partial charge on any atom is -0.477 e. The molecule has 2 aromatic rings. The number of aromatic nitrogens is 2. The Balaban J connectivity index is 1.85. The predicted octanol–water partition coefficient (Wildman–Crippen LogP) is 3.27. The van der Waals surface area contributed by atoms with E-state index in [1.54, 1.807) is 0 Å². The molecule has 1 heterocycles. The van der Waals surface area contributed by atoms with Crippen LogP contribution in [-0.4, -0.2) is 16.6 Å². The molecule has 116 valence electrons. The molecule has 1 aromatic carbocycles. The molecule has 4 N–H and O–H groups in total. The van der Waals surface area contributed by atoms with Gasteiger partial charge in [-0.3, -0.25) is 0 Å². The van der Waals surface area contributed by atoms with Crippen LogP contribution < -0.4 is 16.2 Å². The quantitative estimate of drug-likeness (QED) is 0.904. The summed E-state index contributed by atoms with van der Waals surface area (Å²) in [5.74, 6) is 1.59. The van der Waals surface area contributed by atoms with Crippen molar-refractivity contribution >= 4 is 11.8 Å². The lowest BCUT2D eigenvalue weighted by Crippen LogP contribution is -2.17. The lowest BCUT2D eigenvalue weighted by Gasteiger charge is -2.22. The summed E-state index contributed by atoms with van der Waals surface area (Å²) in [7, 11) is 0. The van der Waals surface area contributed by atoms with Gasteiger partial charge in [-0.2, -0.15) is 9.97 Å². The Morgan fingerprint density at radius 2 is 1.73 bits per heavy atom. The molecule has 0 spiro atoms. The smallest absolute Gasteiger partial charge is 0.228 e. The van der Waals surface area contributed by atoms with Gasteiger partial charge in [0.2, 0.25) is 11.8 Å². The standard InChI is InChI=1S/C17H22N4O/c18-15-14(13-9-5-2-6-10-13)16(21-17(19)20-15)22-11-12-7-3-1-4-8-12/h2,5-6,9-10,12H,1,3-4,7-8,11H2,(H4,18,19,20,21). The first kappa shape index (κ1) is 14.6. The van der Waals surface area contributed by atoms with Crippen LogP contribution in [0.5, 0.6) is 5.88 Å². The van der Waals surface area contributed by atoms with Crippen LogP contribution in [0.3, 0.4) is 0 Å². The van der Waals surface area contributed by atoms with Crippen molar-refractivity contribution in [1.29, 1.82) is 0 Å². The van der Waals surface area contributed by atoms with Crippen molar-refractivity contribution in [2.24, 2.45) is 5.92 Å². The Labute approximate surface area is 130 Å². The minimum atomic E-state index is 0.149. The molecule has 0 unspecified atom stereocenters. The van der Waals surface area contributed by atoms with E-state index >= 15 is 0 Å². The molecule has 1 aliphatic carbocycles. The van der Waals surface area contributed by atoms with Crippen molar-refractivity contribution in [3.05, 3.63) is 30.3 Å². The van der Waals surface area contributed by atoms with Crippen LogP contribution in [0.1, 0.15) is 32.1 Å². The summed E-state index contributed by atoms with van der Waals surface area (Å²) in [5.41, 5.74) is 13.5. The summed E-state index contributed by atoms with van der Waals surface area (Å²) in [6.07, 6.45) is 6.34. The van der Waals surface area contributed by atoms with Gasteiger partial charge in [-0.1, -0.05) is 49.6 Å². The molecule has 0 radical (unpaired) electrons. The largest absolute Gasteiger partial charge is 0.477 e. The van der Waals surface area contributed by atoms with Crippen molar-refractivity contribution in [2.75, 3.05) is 18.1 Å². The van der Waals surface area contributed by atoms with Crippen LogP contribution in [0, 0.1) is 5.92 Å². The van der Waals surface area contributed by atoms with E-state index < -0.39 is 0 Å². The van der Waals surface area contributed by atoms with Crippen LogP contribution in [0.15, 0.2) is 30.3 Å². The third kappa shape index (κ3) is 3.30. The average Bonchev–Trinajstić information content (AvgIpc) is 2.54. The van der Waals surface area contributed by atoms with Gasteiger partial charge in [0.25, 0.3) is 0 Å². The fourth-order valence-corrected chi connectivity index (χ4v) is 3.01. The molecule has 1 saturated carbocycles. The molecule has 0 atom stereocenters. The van der Waals surface area contributed by atoms with Gasteiger partial charge in [0.05, 0.1) is 12.2 Å². The highest BCUT2D eigenvalue weighted by Gasteiger charge is 2.18. The maximum atomic E-state index is 6.05. The van der Waals surface area contributed by atoms with E-state index in [1.807, 2.05) is 30.3 Å². The van der Waals surface area contributed by atoms with Gasteiger partial charge in [0.1, 0.15) is 5.82 Å². The molecule has 1 aromatic heterocycles. The van der Waals surface area contributed by atoms with Gasteiger partial charge in [-0.05, 0) is 24.3 Å². The molecular formula is C17H22N4O. The van der Waals surface area contributed by atoms with E-state index in [0.29, 0.717) is 24.2 Å². The topological polar surface area (TPSA) is 87.0 Å².